The molecule has 0 saturated heterocycles. The zero-order valence-corrected chi connectivity index (χ0v) is 43.2. The normalized spacial score (nSPS) is 13.8. The van der Waals surface area contributed by atoms with Crippen molar-refractivity contribution in [3.8, 4) is 0 Å². The van der Waals surface area contributed by atoms with Crippen LogP contribution >= 0.6 is 0 Å². The summed E-state index contributed by atoms with van der Waals surface area (Å²) in [6, 6.07) is -0.549. The minimum Gasteiger partial charge on any atom is -0.394 e. The van der Waals surface area contributed by atoms with Crippen LogP contribution in [0.5, 0.6) is 0 Å². The van der Waals surface area contributed by atoms with Gasteiger partial charge in [-0.3, -0.25) is 4.79 Å². The molecule has 0 aromatic rings. The zero-order valence-electron chi connectivity index (χ0n) is 43.2. The van der Waals surface area contributed by atoms with Gasteiger partial charge in [-0.05, 0) is 89.9 Å². The second-order valence-corrected chi connectivity index (χ2v) is 18.3. The molecule has 0 heterocycles. The lowest BCUT2D eigenvalue weighted by molar-refractivity contribution is -0.123. The number of nitrogens with one attached hydrogen (secondary N) is 1. The number of rotatable bonds is 49. The molecule has 376 valence electrons. The quantitative estimate of drug-likeness (QED) is 0.0421. The fraction of sp³-hybridized carbons (Fsp3) is 0.661. The maximum Gasteiger partial charge on any atom is 0.220 e. The largest absolute Gasteiger partial charge is 0.394 e. The molecule has 0 aromatic heterocycles. The van der Waals surface area contributed by atoms with Gasteiger partial charge < -0.3 is 15.5 Å². The molecule has 2 atom stereocenters. The topological polar surface area (TPSA) is 69.6 Å². The maximum absolute atomic E-state index is 12.5. The molecule has 0 radical (unpaired) electrons. The van der Waals surface area contributed by atoms with Crippen LogP contribution in [0.15, 0.2) is 122 Å². The van der Waals surface area contributed by atoms with Crippen LogP contribution in [0, 0.1) is 0 Å². The van der Waals surface area contributed by atoms with Crippen LogP contribution in [0.1, 0.15) is 245 Å². The van der Waals surface area contributed by atoms with Crippen LogP contribution in [0.25, 0.3) is 0 Å². The molecule has 0 saturated carbocycles. The standard InChI is InChI=1S/C62H105NO3/c1-3-5-7-9-11-13-15-17-19-20-21-22-23-24-25-26-27-28-29-30-31-32-33-34-35-36-37-38-39-40-41-42-44-46-48-50-52-54-56-58-62(66)63-60(59-64)61(65)57-55-53-51-49-47-45-43-18-16-14-12-10-8-6-4-2/h5,7,11,13,17,19,21-22,24-25,27-28,30-31,33-34,36-37,39-40,60-61,64-65H,3-4,6,8-10,12,14-16,18,20,23,26,29,32,35,38,41-59H2,1-2H3,(H,63,66)/b7-5-,13-11-,19-17-,22-21-,25-24-,28-27-,31-30-,34-33-,37-36-,40-39-. The Kier molecular flexibility index (Phi) is 53.4. The van der Waals surface area contributed by atoms with Gasteiger partial charge in [0, 0.05) is 6.42 Å². The summed E-state index contributed by atoms with van der Waals surface area (Å²) in [6.45, 7) is 4.24. The second-order valence-electron chi connectivity index (χ2n) is 18.3. The molecule has 0 spiro atoms. The molecule has 0 rings (SSSR count). The smallest absolute Gasteiger partial charge is 0.220 e. The van der Waals surface area contributed by atoms with E-state index in [4.69, 9.17) is 0 Å². The van der Waals surface area contributed by atoms with Gasteiger partial charge in [-0.25, -0.2) is 0 Å². The molecular weight excluding hydrogens is 807 g/mol. The molecule has 4 heteroatoms. The number of aliphatic hydroxyl groups is 2. The Morgan fingerprint density at radius 2 is 0.667 bits per heavy atom. The molecule has 0 aliphatic heterocycles. The van der Waals surface area contributed by atoms with Crippen molar-refractivity contribution >= 4 is 5.91 Å². The van der Waals surface area contributed by atoms with Gasteiger partial charge in [-0.1, -0.05) is 270 Å². The highest BCUT2D eigenvalue weighted by atomic mass is 16.3. The highest BCUT2D eigenvalue weighted by Crippen LogP contribution is 2.16. The van der Waals surface area contributed by atoms with E-state index >= 15 is 0 Å². The van der Waals surface area contributed by atoms with Gasteiger partial charge in [0.15, 0.2) is 0 Å². The molecular formula is C62H105NO3. The van der Waals surface area contributed by atoms with E-state index in [0.29, 0.717) is 12.8 Å². The van der Waals surface area contributed by atoms with Crippen molar-refractivity contribution < 1.29 is 15.0 Å². The first-order valence-electron chi connectivity index (χ1n) is 27.7. The number of hydrogen-bond donors (Lipinski definition) is 3. The predicted molar refractivity (Wildman–Crippen MR) is 294 cm³/mol. The van der Waals surface area contributed by atoms with E-state index in [9.17, 15) is 15.0 Å². The van der Waals surface area contributed by atoms with E-state index in [1.54, 1.807) is 0 Å². The van der Waals surface area contributed by atoms with Crippen LogP contribution < -0.4 is 5.32 Å². The summed E-state index contributed by atoms with van der Waals surface area (Å²) in [5.74, 6) is -0.0441. The number of allylic oxidation sites excluding steroid dienone is 20. The molecule has 1 amide bonds. The Morgan fingerprint density at radius 3 is 1.00 bits per heavy atom. The summed E-state index contributed by atoms with van der Waals surface area (Å²) in [5.41, 5.74) is 0. The predicted octanol–water partition coefficient (Wildman–Crippen LogP) is 18.5. The molecule has 0 aliphatic rings. The van der Waals surface area contributed by atoms with E-state index in [1.165, 1.54) is 122 Å². The molecule has 2 unspecified atom stereocenters. The summed E-state index contributed by atoms with van der Waals surface area (Å²) < 4.78 is 0. The SMILES string of the molecule is CC/C=C\C/C=C\C/C=C\C/C=C\C/C=C\C/C=C\C/C=C\C/C=C\C/C=C\C/C=C\CCCCCCCCCCC(=O)NC(CO)C(O)CCCCCCCCCCCCCCCCC. The third-order valence-corrected chi connectivity index (χ3v) is 12.0. The Hall–Kier alpha value is -3.21. The Labute approximate surface area is 409 Å². The van der Waals surface area contributed by atoms with Crippen molar-refractivity contribution in [2.24, 2.45) is 0 Å². The molecule has 0 aromatic carbocycles. The lowest BCUT2D eigenvalue weighted by atomic mass is 10.0. The van der Waals surface area contributed by atoms with Gasteiger partial charge in [0.25, 0.3) is 0 Å². The summed E-state index contributed by atoms with van der Waals surface area (Å²) in [5, 5.41) is 23.3. The van der Waals surface area contributed by atoms with Gasteiger partial charge in [0.05, 0.1) is 18.8 Å². The van der Waals surface area contributed by atoms with Gasteiger partial charge in [-0.15, -0.1) is 0 Å². The number of carbonyl (C=O) groups is 1. The Morgan fingerprint density at radius 1 is 0.379 bits per heavy atom. The van der Waals surface area contributed by atoms with Crippen molar-refractivity contribution in [1.29, 1.82) is 0 Å². The van der Waals surface area contributed by atoms with Crippen molar-refractivity contribution in [3.63, 3.8) is 0 Å². The molecule has 3 N–H and O–H groups in total. The third kappa shape index (κ3) is 51.8. The maximum atomic E-state index is 12.5. The minimum absolute atomic E-state index is 0.0441. The Bertz CT molecular complexity index is 1310. The van der Waals surface area contributed by atoms with Gasteiger partial charge in [0.2, 0.25) is 5.91 Å². The monoisotopic (exact) mass is 912 g/mol. The van der Waals surface area contributed by atoms with E-state index in [1.807, 2.05) is 0 Å². The number of unbranched alkanes of at least 4 members (excludes halogenated alkanes) is 22. The molecule has 0 aliphatic carbocycles. The average Bonchev–Trinajstić information content (AvgIpc) is 3.32. The first-order valence-corrected chi connectivity index (χ1v) is 27.7. The van der Waals surface area contributed by atoms with Crippen LogP contribution in [-0.4, -0.2) is 34.9 Å². The lowest BCUT2D eigenvalue weighted by Crippen LogP contribution is -2.45. The summed E-state index contributed by atoms with van der Waals surface area (Å²) in [7, 11) is 0. The number of hydrogen-bond acceptors (Lipinski definition) is 3. The Balaban J connectivity index is 3.61. The van der Waals surface area contributed by atoms with Crippen LogP contribution in [0.3, 0.4) is 0 Å². The van der Waals surface area contributed by atoms with Crippen LogP contribution in [0.4, 0.5) is 0 Å². The molecule has 0 fully saturated rings. The van der Waals surface area contributed by atoms with Crippen molar-refractivity contribution in [3.05, 3.63) is 122 Å². The molecule has 4 nitrogen and oxygen atoms in total. The van der Waals surface area contributed by atoms with Gasteiger partial charge in [0.1, 0.15) is 0 Å². The first kappa shape index (κ1) is 62.8. The van der Waals surface area contributed by atoms with E-state index in [0.717, 1.165) is 96.3 Å². The lowest BCUT2D eigenvalue weighted by Gasteiger charge is -2.22. The summed E-state index contributed by atoms with van der Waals surface area (Å²) >= 11 is 0. The number of amides is 1. The molecule has 0 bridgehead atoms. The first-order chi connectivity index (χ1) is 32.7. The van der Waals surface area contributed by atoms with E-state index < -0.39 is 12.1 Å². The van der Waals surface area contributed by atoms with Crippen molar-refractivity contribution in [2.45, 2.75) is 257 Å². The highest BCUT2D eigenvalue weighted by Gasteiger charge is 2.20. The summed E-state index contributed by atoms with van der Waals surface area (Å²) in [4.78, 5) is 12.5. The van der Waals surface area contributed by atoms with Crippen molar-refractivity contribution in [1.82, 2.24) is 5.32 Å². The van der Waals surface area contributed by atoms with Crippen molar-refractivity contribution in [2.75, 3.05) is 6.61 Å². The fourth-order valence-corrected chi connectivity index (χ4v) is 7.80. The fourth-order valence-electron chi connectivity index (χ4n) is 7.80. The van der Waals surface area contributed by atoms with Crippen LogP contribution in [0.2, 0.25) is 0 Å². The third-order valence-electron chi connectivity index (χ3n) is 12.0. The zero-order chi connectivity index (χ0) is 47.7. The van der Waals surface area contributed by atoms with E-state index in [-0.39, 0.29) is 12.5 Å². The second kappa shape index (κ2) is 56.1. The highest BCUT2D eigenvalue weighted by molar-refractivity contribution is 5.76. The van der Waals surface area contributed by atoms with Gasteiger partial charge >= 0.3 is 0 Å². The number of aliphatic hydroxyl groups excluding tert-OH is 2. The van der Waals surface area contributed by atoms with Crippen LogP contribution in [-0.2, 0) is 4.79 Å². The average molecular weight is 913 g/mol. The minimum atomic E-state index is -0.670. The summed E-state index contributed by atoms with van der Waals surface area (Å²) in [6.07, 6.45) is 86.0. The van der Waals surface area contributed by atoms with Gasteiger partial charge in [-0.2, -0.15) is 0 Å². The number of carbonyl (C=O) groups excluding carboxylic acids is 1. The van der Waals surface area contributed by atoms with E-state index in [2.05, 4.69) is 141 Å². The molecule has 66 heavy (non-hydrogen) atoms.